The second kappa shape index (κ2) is 5.89. The Hall–Kier alpha value is -2.12. The molecule has 3 rings (SSSR count). The van der Waals surface area contributed by atoms with Gasteiger partial charge >= 0.3 is 0 Å². The summed E-state index contributed by atoms with van der Waals surface area (Å²) >= 11 is 0. The van der Waals surface area contributed by atoms with Crippen LogP contribution in [0.1, 0.15) is 24.1 Å². The Bertz CT molecular complexity index is 683. The molecule has 0 amide bonds. The minimum atomic E-state index is 0.335. The summed E-state index contributed by atoms with van der Waals surface area (Å²) in [5.41, 5.74) is 2.68. The third kappa shape index (κ3) is 2.73. The fourth-order valence-corrected chi connectivity index (χ4v) is 2.60. The zero-order valence-corrected chi connectivity index (χ0v) is 11.7. The highest BCUT2D eigenvalue weighted by molar-refractivity contribution is 5.86. The molecule has 1 nitrogen and oxygen atoms in total. The Balaban J connectivity index is 1.80. The monoisotopic (exact) mass is 261 g/mol. The maximum atomic E-state index is 3.61. The molecule has 0 aliphatic carbocycles. The van der Waals surface area contributed by atoms with Crippen molar-refractivity contribution in [3.8, 4) is 0 Å². The quantitative estimate of drug-likeness (QED) is 0.718. The SMILES string of the molecule is C[C@@H](NCc1ccccc1)c1cccc2ccccc12. The third-order valence-electron chi connectivity index (χ3n) is 3.75. The standard InChI is InChI=1S/C19H19N/c1-15(20-14-16-8-3-2-4-9-16)18-13-7-11-17-10-5-6-12-19(17)18/h2-13,15,20H,14H2,1H3/t15-/m1/s1. The van der Waals surface area contributed by atoms with Crippen LogP contribution in [-0.2, 0) is 6.54 Å². The number of fused-ring (bicyclic) bond motifs is 1. The highest BCUT2D eigenvalue weighted by Crippen LogP contribution is 2.24. The van der Waals surface area contributed by atoms with Crippen molar-refractivity contribution < 1.29 is 0 Å². The van der Waals surface area contributed by atoms with Crippen molar-refractivity contribution in [3.63, 3.8) is 0 Å². The van der Waals surface area contributed by atoms with Crippen LogP contribution in [0.15, 0.2) is 72.8 Å². The van der Waals surface area contributed by atoms with Crippen molar-refractivity contribution in [2.75, 3.05) is 0 Å². The van der Waals surface area contributed by atoms with E-state index in [4.69, 9.17) is 0 Å². The zero-order valence-electron chi connectivity index (χ0n) is 11.7. The summed E-state index contributed by atoms with van der Waals surface area (Å²) in [5, 5.41) is 6.25. The van der Waals surface area contributed by atoms with E-state index in [9.17, 15) is 0 Å². The number of nitrogens with one attached hydrogen (secondary N) is 1. The van der Waals surface area contributed by atoms with Gasteiger partial charge in [0.05, 0.1) is 0 Å². The van der Waals surface area contributed by atoms with Crippen LogP contribution in [-0.4, -0.2) is 0 Å². The number of hydrogen-bond donors (Lipinski definition) is 1. The predicted octanol–water partition coefficient (Wildman–Crippen LogP) is 4.69. The fraction of sp³-hybridized carbons (Fsp3) is 0.158. The van der Waals surface area contributed by atoms with E-state index in [0.717, 1.165) is 6.54 Å². The Morgan fingerprint density at radius 2 is 1.50 bits per heavy atom. The molecule has 0 aliphatic heterocycles. The second-order valence-electron chi connectivity index (χ2n) is 5.16. The molecule has 100 valence electrons. The van der Waals surface area contributed by atoms with Crippen molar-refractivity contribution in [1.29, 1.82) is 0 Å². The maximum Gasteiger partial charge on any atom is 0.0301 e. The number of rotatable bonds is 4. The third-order valence-corrected chi connectivity index (χ3v) is 3.75. The Kier molecular flexibility index (Phi) is 3.80. The van der Waals surface area contributed by atoms with E-state index in [2.05, 4.69) is 85.0 Å². The summed E-state index contributed by atoms with van der Waals surface area (Å²) in [6.45, 7) is 3.12. The zero-order chi connectivity index (χ0) is 13.8. The lowest BCUT2D eigenvalue weighted by Gasteiger charge is -2.16. The molecule has 1 atom stereocenters. The normalized spacial score (nSPS) is 12.4. The molecular formula is C19H19N. The molecule has 0 heterocycles. The fourth-order valence-electron chi connectivity index (χ4n) is 2.60. The first-order valence-electron chi connectivity index (χ1n) is 7.09. The molecule has 0 spiro atoms. The van der Waals surface area contributed by atoms with Gasteiger partial charge in [0.25, 0.3) is 0 Å². The number of benzene rings is 3. The minimum Gasteiger partial charge on any atom is -0.306 e. The summed E-state index contributed by atoms with van der Waals surface area (Å²) in [4.78, 5) is 0. The van der Waals surface area contributed by atoms with Crippen LogP contribution in [0.3, 0.4) is 0 Å². The van der Waals surface area contributed by atoms with Crippen molar-refractivity contribution >= 4 is 10.8 Å². The molecule has 0 aliphatic rings. The first-order chi connectivity index (χ1) is 9.84. The molecule has 3 aromatic rings. The van der Waals surface area contributed by atoms with E-state index in [0.29, 0.717) is 6.04 Å². The van der Waals surface area contributed by atoms with E-state index in [1.165, 1.54) is 21.9 Å². The molecule has 1 heteroatoms. The van der Waals surface area contributed by atoms with Gasteiger partial charge in [0.1, 0.15) is 0 Å². The molecule has 20 heavy (non-hydrogen) atoms. The average Bonchev–Trinajstić information content (AvgIpc) is 2.53. The van der Waals surface area contributed by atoms with Gasteiger partial charge < -0.3 is 5.32 Å². The minimum absolute atomic E-state index is 0.335. The van der Waals surface area contributed by atoms with Crippen LogP contribution in [0.2, 0.25) is 0 Å². The van der Waals surface area contributed by atoms with Crippen LogP contribution >= 0.6 is 0 Å². The molecule has 0 radical (unpaired) electrons. The van der Waals surface area contributed by atoms with Gasteiger partial charge in [-0.25, -0.2) is 0 Å². The summed E-state index contributed by atoms with van der Waals surface area (Å²) in [5.74, 6) is 0. The first kappa shape index (κ1) is 12.9. The van der Waals surface area contributed by atoms with E-state index in [1.807, 2.05) is 0 Å². The lowest BCUT2D eigenvalue weighted by Crippen LogP contribution is -2.18. The van der Waals surface area contributed by atoms with E-state index in [1.54, 1.807) is 0 Å². The van der Waals surface area contributed by atoms with Gasteiger partial charge in [-0.1, -0.05) is 72.8 Å². The second-order valence-corrected chi connectivity index (χ2v) is 5.16. The Labute approximate surface area is 120 Å². The van der Waals surface area contributed by atoms with Gasteiger partial charge in [0, 0.05) is 12.6 Å². The first-order valence-corrected chi connectivity index (χ1v) is 7.09. The molecule has 0 saturated heterocycles. The van der Waals surface area contributed by atoms with Crippen molar-refractivity contribution in [3.05, 3.63) is 83.9 Å². The molecule has 0 fully saturated rings. The molecule has 0 unspecified atom stereocenters. The molecule has 0 bridgehead atoms. The summed E-state index contributed by atoms with van der Waals surface area (Å²) in [6.07, 6.45) is 0. The summed E-state index contributed by atoms with van der Waals surface area (Å²) in [7, 11) is 0. The van der Waals surface area contributed by atoms with Gasteiger partial charge in [-0.2, -0.15) is 0 Å². The van der Waals surface area contributed by atoms with E-state index in [-0.39, 0.29) is 0 Å². The van der Waals surface area contributed by atoms with Gasteiger partial charge in [0.15, 0.2) is 0 Å². The molecule has 1 N–H and O–H groups in total. The van der Waals surface area contributed by atoms with Crippen molar-refractivity contribution in [2.24, 2.45) is 0 Å². The van der Waals surface area contributed by atoms with Crippen LogP contribution in [0, 0.1) is 0 Å². The van der Waals surface area contributed by atoms with Gasteiger partial charge in [-0.15, -0.1) is 0 Å². The van der Waals surface area contributed by atoms with E-state index < -0.39 is 0 Å². The van der Waals surface area contributed by atoms with Gasteiger partial charge in [-0.05, 0) is 28.8 Å². The van der Waals surface area contributed by atoms with Gasteiger partial charge in [0.2, 0.25) is 0 Å². The summed E-state index contributed by atoms with van der Waals surface area (Å²) < 4.78 is 0. The van der Waals surface area contributed by atoms with Crippen LogP contribution in [0.25, 0.3) is 10.8 Å². The smallest absolute Gasteiger partial charge is 0.0301 e. The van der Waals surface area contributed by atoms with Crippen molar-refractivity contribution in [2.45, 2.75) is 19.5 Å². The average molecular weight is 261 g/mol. The van der Waals surface area contributed by atoms with Crippen molar-refractivity contribution in [1.82, 2.24) is 5.32 Å². The maximum absolute atomic E-state index is 3.61. The highest BCUT2D eigenvalue weighted by Gasteiger charge is 2.08. The molecule has 3 aromatic carbocycles. The molecule has 0 aromatic heterocycles. The Morgan fingerprint density at radius 3 is 2.35 bits per heavy atom. The van der Waals surface area contributed by atoms with E-state index >= 15 is 0 Å². The highest BCUT2D eigenvalue weighted by atomic mass is 14.9. The lowest BCUT2D eigenvalue weighted by atomic mass is 9.99. The lowest BCUT2D eigenvalue weighted by molar-refractivity contribution is 0.578. The molecule has 0 saturated carbocycles. The molecular weight excluding hydrogens is 242 g/mol. The van der Waals surface area contributed by atoms with Crippen LogP contribution in [0.4, 0.5) is 0 Å². The number of hydrogen-bond acceptors (Lipinski definition) is 1. The summed E-state index contributed by atoms with van der Waals surface area (Å²) in [6, 6.07) is 26.0. The van der Waals surface area contributed by atoms with Crippen LogP contribution in [0.5, 0.6) is 0 Å². The van der Waals surface area contributed by atoms with Gasteiger partial charge in [-0.3, -0.25) is 0 Å². The topological polar surface area (TPSA) is 12.0 Å². The predicted molar refractivity (Wildman–Crippen MR) is 85.6 cm³/mol. The van der Waals surface area contributed by atoms with Crippen LogP contribution < -0.4 is 5.32 Å². The largest absolute Gasteiger partial charge is 0.306 e. The Morgan fingerprint density at radius 1 is 0.800 bits per heavy atom.